The van der Waals surface area contributed by atoms with Crippen molar-refractivity contribution >= 4 is 11.9 Å². The molecule has 0 saturated heterocycles. The van der Waals surface area contributed by atoms with Crippen molar-refractivity contribution in [2.75, 3.05) is 19.8 Å². The van der Waals surface area contributed by atoms with Crippen LogP contribution in [0.3, 0.4) is 0 Å². The molecule has 5 heteroatoms. The lowest BCUT2D eigenvalue weighted by atomic mass is 10.1. The zero-order valence-electron chi connectivity index (χ0n) is 42.3. The third kappa shape index (κ3) is 51.7. The van der Waals surface area contributed by atoms with Gasteiger partial charge in [0.1, 0.15) is 6.61 Å². The van der Waals surface area contributed by atoms with Crippen molar-refractivity contribution in [2.45, 2.75) is 258 Å². The first-order valence-corrected chi connectivity index (χ1v) is 27.1. The van der Waals surface area contributed by atoms with Gasteiger partial charge in [-0.05, 0) is 109 Å². The van der Waals surface area contributed by atoms with E-state index >= 15 is 0 Å². The minimum Gasteiger partial charge on any atom is -0.462 e. The summed E-state index contributed by atoms with van der Waals surface area (Å²) in [4.78, 5) is 25.5. The van der Waals surface area contributed by atoms with Crippen LogP contribution in [0.2, 0.25) is 0 Å². The molecule has 0 heterocycles. The summed E-state index contributed by atoms with van der Waals surface area (Å²) in [6, 6.07) is 0. The van der Waals surface area contributed by atoms with Gasteiger partial charge in [0, 0.05) is 19.4 Å². The Kier molecular flexibility index (Phi) is 51.9. The van der Waals surface area contributed by atoms with E-state index in [0.29, 0.717) is 19.4 Å². The van der Waals surface area contributed by atoms with Crippen molar-refractivity contribution in [3.8, 4) is 0 Å². The van der Waals surface area contributed by atoms with Crippen LogP contribution in [0.1, 0.15) is 252 Å². The highest BCUT2D eigenvalue weighted by Crippen LogP contribution is 2.14. The van der Waals surface area contributed by atoms with Crippen LogP contribution in [0.5, 0.6) is 0 Å². The number of unbranched alkanes of at least 4 members (excludes halogenated alkanes) is 24. The Hall–Kier alpha value is -2.92. The van der Waals surface area contributed by atoms with Crippen molar-refractivity contribution in [1.82, 2.24) is 0 Å². The van der Waals surface area contributed by atoms with Crippen LogP contribution in [0.15, 0.2) is 85.1 Å². The third-order valence-corrected chi connectivity index (χ3v) is 11.4. The first-order valence-electron chi connectivity index (χ1n) is 27.1. The summed E-state index contributed by atoms with van der Waals surface area (Å²) in [6.07, 6.45) is 71.7. The normalized spacial score (nSPS) is 12.9. The van der Waals surface area contributed by atoms with E-state index in [1.165, 1.54) is 122 Å². The molecule has 0 spiro atoms. The zero-order chi connectivity index (χ0) is 46.3. The third-order valence-electron chi connectivity index (χ3n) is 11.4. The molecule has 0 bridgehead atoms. The van der Waals surface area contributed by atoms with Crippen LogP contribution < -0.4 is 0 Å². The van der Waals surface area contributed by atoms with E-state index in [9.17, 15) is 9.59 Å². The first-order chi connectivity index (χ1) is 31.6. The molecule has 0 aliphatic heterocycles. The molecule has 0 aromatic carbocycles. The summed E-state index contributed by atoms with van der Waals surface area (Å²) in [6.45, 7) is 7.55. The van der Waals surface area contributed by atoms with Crippen molar-refractivity contribution in [3.05, 3.63) is 85.1 Å². The summed E-state index contributed by atoms with van der Waals surface area (Å²) in [5.41, 5.74) is 0. The maximum Gasteiger partial charge on any atom is 0.306 e. The second-order valence-electron chi connectivity index (χ2n) is 17.7. The average Bonchev–Trinajstić information content (AvgIpc) is 3.30. The summed E-state index contributed by atoms with van der Waals surface area (Å²) >= 11 is 0. The van der Waals surface area contributed by atoms with Gasteiger partial charge in [0.05, 0.1) is 6.61 Å². The maximum absolute atomic E-state index is 12.8. The van der Waals surface area contributed by atoms with E-state index in [1.807, 2.05) is 0 Å². The largest absolute Gasteiger partial charge is 0.462 e. The molecule has 0 radical (unpaired) electrons. The molecule has 0 fully saturated rings. The van der Waals surface area contributed by atoms with E-state index < -0.39 is 6.10 Å². The lowest BCUT2D eigenvalue weighted by Gasteiger charge is -2.18. The van der Waals surface area contributed by atoms with Gasteiger partial charge in [0.2, 0.25) is 0 Å². The lowest BCUT2D eigenvalue weighted by molar-refractivity contribution is -0.163. The summed E-state index contributed by atoms with van der Waals surface area (Å²) in [5.74, 6) is -0.430. The number of carbonyl (C=O) groups is 2. The van der Waals surface area contributed by atoms with Crippen LogP contribution in [-0.2, 0) is 23.8 Å². The molecule has 0 aromatic heterocycles. The molecule has 0 aliphatic rings. The van der Waals surface area contributed by atoms with E-state index in [2.05, 4.69) is 106 Å². The van der Waals surface area contributed by atoms with Crippen LogP contribution in [0.4, 0.5) is 0 Å². The van der Waals surface area contributed by atoms with Crippen molar-refractivity contribution in [1.29, 1.82) is 0 Å². The van der Waals surface area contributed by atoms with Gasteiger partial charge in [0.25, 0.3) is 0 Å². The summed E-state index contributed by atoms with van der Waals surface area (Å²) in [7, 11) is 0. The minimum absolute atomic E-state index is 0.0651. The predicted octanol–water partition coefficient (Wildman–Crippen LogP) is 18.5. The Morgan fingerprint density at radius 2 is 0.703 bits per heavy atom. The van der Waals surface area contributed by atoms with Gasteiger partial charge < -0.3 is 14.2 Å². The van der Waals surface area contributed by atoms with Crippen LogP contribution in [0.25, 0.3) is 0 Å². The standard InChI is InChI=1S/C59H102O5/c1-4-7-10-13-16-19-22-25-28-29-30-31-33-34-37-40-43-46-49-52-58(60)63-56-57(55-62-54-51-48-45-42-39-36-27-24-21-18-15-12-9-6-3)64-59(61)53-50-47-44-41-38-35-32-26-23-20-17-14-11-8-5-2/h8-9,11-12,17-18,20-21,25-28,32,36,57H,4-7,10,13-16,19,22-24,29-31,33-35,37-56H2,1-3H3/b11-8-,12-9-,20-17-,21-18-,28-25-,32-26-,36-27-. The monoisotopic (exact) mass is 891 g/mol. The van der Waals surface area contributed by atoms with E-state index in [-0.39, 0.29) is 25.2 Å². The molecular formula is C59H102O5. The highest BCUT2D eigenvalue weighted by atomic mass is 16.6. The zero-order valence-corrected chi connectivity index (χ0v) is 42.3. The fourth-order valence-electron chi connectivity index (χ4n) is 7.42. The molecule has 0 aromatic rings. The van der Waals surface area contributed by atoms with Gasteiger partial charge in [-0.25, -0.2) is 0 Å². The quantitative estimate of drug-likeness (QED) is 0.0346. The summed E-state index contributed by atoms with van der Waals surface area (Å²) < 4.78 is 17.4. The van der Waals surface area contributed by atoms with Crippen LogP contribution in [-0.4, -0.2) is 37.9 Å². The molecule has 0 saturated carbocycles. The van der Waals surface area contributed by atoms with Crippen LogP contribution >= 0.6 is 0 Å². The Balaban J connectivity index is 4.30. The fraction of sp³-hybridized carbons (Fsp3) is 0.729. The van der Waals surface area contributed by atoms with Crippen molar-refractivity contribution in [3.63, 3.8) is 0 Å². The molecule has 64 heavy (non-hydrogen) atoms. The molecule has 0 aliphatic carbocycles. The van der Waals surface area contributed by atoms with Gasteiger partial charge in [-0.15, -0.1) is 0 Å². The Bertz CT molecular complexity index is 1190. The lowest BCUT2D eigenvalue weighted by Crippen LogP contribution is -2.30. The SMILES string of the molecule is CC/C=C\C/C=C\C/C=C\CCCCCCCC(=O)OC(COCCCCCC/C=C\C/C=C\C/C=C\CC)COC(=O)CCCCCCCCCCC/C=C\CCCCCCCC. The topological polar surface area (TPSA) is 61.8 Å². The Morgan fingerprint density at radius 1 is 0.359 bits per heavy atom. The number of allylic oxidation sites excluding steroid dienone is 14. The second-order valence-corrected chi connectivity index (χ2v) is 17.7. The van der Waals surface area contributed by atoms with E-state index in [0.717, 1.165) is 96.3 Å². The number of esters is 2. The van der Waals surface area contributed by atoms with Gasteiger partial charge in [0.15, 0.2) is 6.10 Å². The van der Waals surface area contributed by atoms with E-state index in [1.54, 1.807) is 0 Å². The fourth-order valence-corrected chi connectivity index (χ4v) is 7.42. The molecule has 1 unspecified atom stereocenters. The molecule has 368 valence electrons. The Labute approximate surface area is 397 Å². The molecule has 0 rings (SSSR count). The highest BCUT2D eigenvalue weighted by molar-refractivity contribution is 5.70. The number of rotatable bonds is 49. The number of hydrogen-bond acceptors (Lipinski definition) is 5. The van der Waals surface area contributed by atoms with Crippen molar-refractivity contribution in [2.24, 2.45) is 0 Å². The minimum atomic E-state index is -0.561. The number of hydrogen-bond donors (Lipinski definition) is 0. The second kappa shape index (κ2) is 54.4. The smallest absolute Gasteiger partial charge is 0.306 e. The van der Waals surface area contributed by atoms with Gasteiger partial charge in [-0.2, -0.15) is 0 Å². The van der Waals surface area contributed by atoms with Gasteiger partial charge >= 0.3 is 11.9 Å². The maximum atomic E-state index is 12.8. The average molecular weight is 891 g/mol. The predicted molar refractivity (Wildman–Crippen MR) is 279 cm³/mol. The van der Waals surface area contributed by atoms with Crippen molar-refractivity contribution < 1.29 is 23.8 Å². The molecule has 0 N–H and O–H groups in total. The summed E-state index contributed by atoms with van der Waals surface area (Å²) in [5, 5.41) is 0. The van der Waals surface area contributed by atoms with Gasteiger partial charge in [-0.3, -0.25) is 9.59 Å². The highest BCUT2D eigenvalue weighted by Gasteiger charge is 2.17. The van der Waals surface area contributed by atoms with Crippen LogP contribution in [0, 0.1) is 0 Å². The van der Waals surface area contributed by atoms with E-state index in [4.69, 9.17) is 14.2 Å². The molecule has 1 atom stereocenters. The Morgan fingerprint density at radius 3 is 1.14 bits per heavy atom. The molecule has 0 amide bonds. The number of carbonyl (C=O) groups excluding carboxylic acids is 2. The first kappa shape index (κ1) is 61.1. The van der Waals surface area contributed by atoms with Gasteiger partial charge in [-0.1, -0.05) is 215 Å². The molecular weight excluding hydrogens is 789 g/mol. The number of ether oxygens (including phenoxy) is 3. The molecule has 5 nitrogen and oxygen atoms in total.